The number of aromatic amines is 1. The number of aromatic nitrogens is 6. The molecule has 0 aliphatic carbocycles. The fraction of sp³-hybridized carbons (Fsp3) is 0.227. The Balaban J connectivity index is 1.54. The summed E-state index contributed by atoms with van der Waals surface area (Å²) in [6.45, 7) is 2.85. The zero-order valence-corrected chi connectivity index (χ0v) is 17.7. The molecule has 0 amide bonds. The van der Waals surface area contributed by atoms with Crippen LogP contribution in [0.4, 0.5) is 0 Å². The van der Waals surface area contributed by atoms with Crippen molar-refractivity contribution in [2.75, 3.05) is 6.61 Å². The number of nitrogens with one attached hydrogen (secondary N) is 1. The minimum absolute atomic E-state index is 0.146. The molecule has 2 aromatic heterocycles. The first-order valence-corrected chi connectivity index (χ1v) is 10.3. The number of carbonyl (C=O) groups is 1. The number of esters is 1. The highest BCUT2D eigenvalue weighted by atomic mass is 35.5. The number of ether oxygens (including phenoxy) is 1. The van der Waals surface area contributed by atoms with Crippen LogP contribution in [0, 0.1) is 0 Å². The van der Waals surface area contributed by atoms with Crippen LogP contribution in [-0.2, 0) is 11.3 Å². The predicted octanol–water partition coefficient (Wildman–Crippen LogP) is 4.39. The molecule has 0 unspecified atom stereocenters. The summed E-state index contributed by atoms with van der Waals surface area (Å²) in [5, 5.41) is 14.5. The number of halogens is 1. The summed E-state index contributed by atoms with van der Waals surface area (Å²) in [4.78, 5) is 16.5. The van der Waals surface area contributed by atoms with Crippen molar-refractivity contribution in [2.24, 2.45) is 0 Å². The summed E-state index contributed by atoms with van der Waals surface area (Å²) < 4.78 is 7.02. The summed E-state index contributed by atoms with van der Waals surface area (Å²) in [7, 11) is 0. The van der Waals surface area contributed by atoms with E-state index in [1.54, 1.807) is 10.9 Å². The maximum atomic E-state index is 12.4. The summed E-state index contributed by atoms with van der Waals surface area (Å²) in [6.07, 6.45) is 3.31. The molecular weight excluding hydrogens is 416 g/mol. The number of H-pyrrole nitrogens is 1. The lowest BCUT2D eigenvalue weighted by Gasteiger charge is -2.10. The predicted molar refractivity (Wildman–Crippen MR) is 117 cm³/mol. The van der Waals surface area contributed by atoms with E-state index < -0.39 is 5.97 Å². The Morgan fingerprint density at radius 1 is 1.13 bits per heavy atom. The van der Waals surface area contributed by atoms with Gasteiger partial charge in [0.25, 0.3) is 0 Å². The number of imidazole rings is 1. The minimum atomic E-state index is -0.457. The Hall–Kier alpha value is -3.52. The molecule has 0 spiro atoms. The van der Waals surface area contributed by atoms with Crippen molar-refractivity contribution in [3.63, 3.8) is 0 Å². The van der Waals surface area contributed by atoms with E-state index in [2.05, 4.69) is 25.6 Å². The second-order valence-corrected chi connectivity index (χ2v) is 7.34. The molecule has 2 aromatic carbocycles. The number of tetrazole rings is 1. The van der Waals surface area contributed by atoms with E-state index in [0.717, 1.165) is 35.1 Å². The first-order valence-electron chi connectivity index (χ1n) is 9.97. The van der Waals surface area contributed by atoms with Gasteiger partial charge in [-0.15, -0.1) is 10.2 Å². The first-order chi connectivity index (χ1) is 15.2. The number of hydrogen-bond acceptors (Lipinski definition) is 6. The topological polar surface area (TPSA) is 98.6 Å². The molecule has 0 fully saturated rings. The maximum absolute atomic E-state index is 12.4. The van der Waals surface area contributed by atoms with Crippen LogP contribution in [0.1, 0.15) is 35.8 Å². The van der Waals surface area contributed by atoms with Gasteiger partial charge in [-0.05, 0) is 28.3 Å². The molecule has 4 rings (SSSR count). The second kappa shape index (κ2) is 9.53. The van der Waals surface area contributed by atoms with Crippen LogP contribution >= 0.6 is 11.6 Å². The summed E-state index contributed by atoms with van der Waals surface area (Å²) in [5.74, 6) is 0.0839. The van der Waals surface area contributed by atoms with Gasteiger partial charge in [-0.1, -0.05) is 73.5 Å². The smallest absolute Gasteiger partial charge is 0.358 e. The van der Waals surface area contributed by atoms with E-state index in [4.69, 9.17) is 16.3 Å². The van der Waals surface area contributed by atoms with Gasteiger partial charge < -0.3 is 9.30 Å². The van der Waals surface area contributed by atoms with E-state index in [1.165, 1.54) is 0 Å². The minimum Gasteiger partial charge on any atom is -0.461 e. The van der Waals surface area contributed by atoms with E-state index in [-0.39, 0.29) is 10.8 Å². The van der Waals surface area contributed by atoms with E-state index in [9.17, 15) is 4.79 Å². The molecule has 0 aliphatic heterocycles. The summed E-state index contributed by atoms with van der Waals surface area (Å²) in [5.41, 5.74) is 4.18. The number of benzene rings is 2. The van der Waals surface area contributed by atoms with Crippen LogP contribution in [0.5, 0.6) is 0 Å². The van der Waals surface area contributed by atoms with Crippen molar-refractivity contribution in [3.8, 4) is 22.5 Å². The SMILES string of the molecule is CCCCOC(=O)c1c(Cl)ncn1Cc1ccc(-c2ccccc2-c2nn[nH]n2)cc1. The zero-order chi connectivity index (χ0) is 21.6. The third kappa shape index (κ3) is 4.64. The average molecular weight is 437 g/mol. The lowest BCUT2D eigenvalue weighted by atomic mass is 9.98. The molecule has 1 N–H and O–H groups in total. The maximum Gasteiger partial charge on any atom is 0.358 e. The first kappa shape index (κ1) is 20.7. The number of carbonyl (C=O) groups excluding carboxylic acids is 1. The molecule has 4 aromatic rings. The number of rotatable bonds is 8. The Morgan fingerprint density at radius 3 is 2.61 bits per heavy atom. The molecule has 0 saturated carbocycles. The highest BCUT2D eigenvalue weighted by Crippen LogP contribution is 2.30. The number of nitrogens with zero attached hydrogens (tertiary/aromatic N) is 5. The van der Waals surface area contributed by atoms with E-state index in [0.29, 0.717) is 19.0 Å². The quantitative estimate of drug-likeness (QED) is 0.325. The highest BCUT2D eigenvalue weighted by Gasteiger charge is 2.19. The molecule has 8 nitrogen and oxygen atoms in total. The lowest BCUT2D eigenvalue weighted by Crippen LogP contribution is -2.13. The van der Waals surface area contributed by atoms with Gasteiger partial charge in [0, 0.05) is 12.1 Å². The Labute approximate surface area is 184 Å². The second-order valence-electron chi connectivity index (χ2n) is 6.98. The van der Waals surface area contributed by atoms with Crippen molar-refractivity contribution in [1.82, 2.24) is 30.2 Å². The van der Waals surface area contributed by atoms with Gasteiger partial charge in [0.05, 0.1) is 12.9 Å². The van der Waals surface area contributed by atoms with Gasteiger partial charge in [-0.25, -0.2) is 9.78 Å². The summed E-state index contributed by atoms with van der Waals surface area (Å²) >= 11 is 6.14. The number of unbranched alkanes of at least 4 members (excludes halogenated alkanes) is 1. The Bertz CT molecular complexity index is 1160. The van der Waals surface area contributed by atoms with Crippen molar-refractivity contribution < 1.29 is 9.53 Å². The van der Waals surface area contributed by atoms with Crippen LogP contribution < -0.4 is 0 Å². The van der Waals surface area contributed by atoms with Gasteiger partial charge in [-0.3, -0.25) is 0 Å². The molecule has 0 bridgehead atoms. The number of hydrogen-bond donors (Lipinski definition) is 1. The fourth-order valence-corrected chi connectivity index (χ4v) is 3.48. The zero-order valence-electron chi connectivity index (χ0n) is 17.0. The monoisotopic (exact) mass is 436 g/mol. The Kier molecular flexibility index (Phi) is 6.37. The van der Waals surface area contributed by atoms with Gasteiger partial charge in [0.15, 0.2) is 10.8 Å². The highest BCUT2D eigenvalue weighted by molar-refractivity contribution is 6.32. The molecule has 9 heteroatoms. The van der Waals surface area contributed by atoms with Crippen molar-refractivity contribution in [1.29, 1.82) is 0 Å². The molecule has 158 valence electrons. The van der Waals surface area contributed by atoms with Crippen molar-refractivity contribution >= 4 is 17.6 Å². The summed E-state index contributed by atoms with van der Waals surface area (Å²) in [6, 6.07) is 15.9. The standard InChI is InChI=1S/C22H21ClN6O2/c1-2-3-12-31-22(30)19-20(23)24-14-29(19)13-15-8-10-16(11-9-15)17-6-4-5-7-18(17)21-25-27-28-26-21/h4-11,14H,2-3,12-13H2,1H3,(H,25,26,27,28). The molecule has 31 heavy (non-hydrogen) atoms. The van der Waals surface area contributed by atoms with E-state index in [1.807, 2.05) is 55.5 Å². The van der Waals surface area contributed by atoms with Crippen molar-refractivity contribution in [3.05, 3.63) is 71.3 Å². The van der Waals surface area contributed by atoms with Gasteiger partial charge >= 0.3 is 5.97 Å². The molecule has 0 radical (unpaired) electrons. The average Bonchev–Trinajstić information content (AvgIpc) is 3.45. The van der Waals surface area contributed by atoms with E-state index >= 15 is 0 Å². The molecule has 0 atom stereocenters. The van der Waals surface area contributed by atoms with Gasteiger partial charge in [0.1, 0.15) is 0 Å². The van der Waals surface area contributed by atoms with Crippen LogP contribution in [0.3, 0.4) is 0 Å². The lowest BCUT2D eigenvalue weighted by molar-refractivity contribution is 0.0488. The largest absolute Gasteiger partial charge is 0.461 e. The van der Waals surface area contributed by atoms with Crippen LogP contribution in [0.15, 0.2) is 54.9 Å². The third-order valence-corrected chi connectivity index (χ3v) is 5.13. The molecular formula is C22H21ClN6O2. The molecule has 2 heterocycles. The van der Waals surface area contributed by atoms with Gasteiger partial charge in [-0.2, -0.15) is 5.21 Å². The van der Waals surface area contributed by atoms with Crippen molar-refractivity contribution in [2.45, 2.75) is 26.3 Å². The normalized spacial score (nSPS) is 10.9. The van der Waals surface area contributed by atoms with Crippen LogP contribution in [-0.4, -0.2) is 42.8 Å². The molecule has 0 aliphatic rings. The van der Waals surface area contributed by atoms with Crippen LogP contribution in [0.2, 0.25) is 5.15 Å². The third-order valence-electron chi connectivity index (χ3n) is 4.85. The molecule has 0 saturated heterocycles. The van der Waals surface area contributed by atoms with Gasteiger partial charge in [0.2, 0.25) is 5.82 Å². The fourth-order valence-electron chi connectivity index (χ4n) is 3.25. The van der Waals surface area contributed by atoms with Crippen LogP contribution in [0.25, 0.3) is 22.5 Å². The Morgan fingerprint density at radius 2 is 1.90 bits per heavy atom.